The molecule has 0 bridgehead atoms. The van der Waals surface area contributed by atoms with Crippen LogP contribution in [0.5, 0.6) is 5.75 Å². The third kappa shape index (κ3) is 8.28. The van der Waals surface area contributed by atoms with Gasteiger partial charge in [-0.2, -0.15) is 4.31 Å². The summed E-state index contributed by atoms with van der Waals surface area (Å²) in [5.74, 6) is 0.492. The second-order valence-electron chi connectivity index (χ2n) is 12.0. The van der Waals surface area contributed by atoms with Crippen molar-refractivity contribution in [1.82, 2.24) is 18.8 Å². The molecule has 2 amide bonds. The van der Waals surface area contributed by atoms with Crippen LogP contribution in [0.4, 0.5) is 4.79 Å². The van der Waals surface area contributed by atoms with Gasteiger partial charge in [-0.15, -0.1) is 0 Å². The van der Waals surface area contributed by atoms with Gasteiger partial charge in [0.25, 0.3) is 0 Å². The number of nitrogens with one attached hydrogen (secondary N) is 1. The Morgan fingerprint density at radius 1 is 0.920 bits per heavy atom. The maximum absolute atomic E-state index is 14.8. The zero-order valence-electron chi connectivity index (χ0n) is 28.3. The van der Waals surface area contributed by atoms with E-state index in [0.717, 1.165) is 11.1 Å². The van der Waals surface area contributed by atoms with Crippen molar-refractivity contribution < 1.29 is 31.1 Å². The standard InChI is InChI=1S/C34H41Cl2N5O7S2/c1-5-48-30-16-15-28(50(45,46)38-23(3)22-47-4)21-29(30)33-37-31(24-7-11-26(35)12-8-24)32(25-9-13-27(36)14-10-25)41(33)34(42)39-17-19-40(20-18-39)49(43,44)6-2/h7-16,21,23,31-32,38H,5-6,17-20,22H2,1-4H3. The van der Waals surface area contributed by atoms with E-state index in [1.165, 1.54) is 23.5 Å². The lowest BCUT2D eigenvalue weighted by Crippen LogP contribution is -2.55. The van der Waals surface area contributed by atoms with Crippen molar-refractivity contribution in [3.63, 3.8) is 0 Å². The lowest BCUT2D eigenvalue weighted by molar-refractivity contribution is 0.143. The van der Waals surface area contributed by atoms with Gasteiger partial charge in [0.2, 0.25) is 20.0 Å². The molecular formula is C34H41Cl2N5O7S2. The van der Waals surface area contributed by atoms with Crippen LogP contribution in [-0.4, -0.2) is 101 Å². The van der Waals surface area contributed by atoms with Crippen LogP contribution in [-0.2, 0) is 24.8 Å². The predicted molar refractivity (Wildman–Crippen MR) is 194 cm³/mol. The van der Waals surface area contributed by atoms with E-state index >= 15 is 0 Å². The molecule has 0 spiro atoms. The maximum atomic E-state index is 14.8. The molecule has 1 N–H and O–H groups in total. The number of hydrogen-bond donors (Lipinski definition) is 1. The number of amides is 2. The minimum atomic E-state index is -4.03. The zero-order valence-corrected chi connectivity index (χ0v) is 31.4. The second-order valence-corrected chi connectivity index (χ2v) is 16.8. The third-order valence-electron chi connectivity index (χ3n) is 8.54. The van der Waals surface area contributed by atoms with Crippen molar-refractivity contribution in [2.75, 3.05) is 52.3 Å². The topological polar surface area (TPSA) is 138 Å². The highest BCUT2D eigenvalue weighted by Gasteiger charge is 2.45. The largest absolute Gasteiger partial charge is 0.493 e. The number of halogens is 2. The van der Waals surface area contributed by atoms with Gasteiger partial charge < -0.3 is 14.4 Å². The summed E-state index contributed by atoms with van der Waals surface area (Å²) in [4.78, 5) is 23.1. The summed E-state index contributed by atoms with van der Waals surface area (Å²) in [6.45, 7) is 6.08. The number of carbonyl (C=O) groups is 1. The van der Waals surface area contributed by atoms with Crippen LogP contribution < -0.4 is 9.46 Å². The average molecular weight is 767 g/mol. The van der Waals surface area contributed by atoms with Crippen molar-refractivity contribution in [2.24, 2.45) is 4.99 Å². The molecular weight excluding hydrogens is 725 g/mol. The van der Waals surface area contributed by atoms with Gasteiger partial charge in [0, 0.05) is 49.4 Å². The molecule has 50 heavy (non-hydrogen) atoms. The van der Waals surface area contributed by atoms with E-state index in [-0.39, 0.29) is 55.9 Å². The Kier molecular flexibility index (Phi) is 12.1. The number of urea groups is 1. The molecule has 0 saturated carbocycles. The van der Waals surface area contributed by atoms with Crippen LogP contribution >= 0.6 is 23.2 Å². The van der Waals surface area contributed by atoms with Crippen LogP contribution in [0.15, 0.2) is 76.6 Å². The number of carbonyl (C=O) groups excluding carboxylic acids is 1. The second kappa shape index (κ2) is 16.0. The quantitative estimate of drug-likeness (QED) is 0.263. The summed E-state index contributed by atoms with van der Waals surface area (Å²) in [7, 11) is -5.99. The van der Waals surface area contributed by atoms with Crippen LogP contribution in [0.3, 0.4) is 0 Å². The van der Waals surface area contributed by atoms with Crippen molar-refractivity contribution in [2.45, 2.75) is 43.8 Å². The fourth-order valence-electron chi connectivity index (χ4n) is 6.10. The Labute approximate surface area is 304 Å². The van der Waals surface area contributed by atoms with Crippen LogP contribution in [0.25, 0.3) is 0 Å². The van der Waals surface area contributed by atoms with Gasteiger partial charge in [-0.25, -0.2) is 26.4 Å². The SMILES string of the molecule is CCOc1ccc(S(=O)(=O)NC(C)COC)cc1C1=NC(c2ccc(Cl)cc2)C(c2ccc(Cl)cc2)N1C(=O)N1CCN(S(=O)(=O)CC)CC1. The van der Waals surface area contributed by atoms with Gasteiger partial charge in [0.05, 0.1) is 35.5 Å². The Bertz CT molecular complexity index is 1920. The van der Waals surface area contributed by atoms with Gasteiger partial charge in [-0.05, 0) is 74.4 Å². The van der Waals surface area contributed by atoms with Gasteiger partial charge in [0.1, 0.15) is 17.6 Å². The molecule has 2 aliphatic rings. The highest BCUT2D eigenvalue weighted by atomic mass is 35.5. The summed E-state index contributed by atoms with van der Waals surface area (Å²) in [5, 5.41) is 1.03. The molecule has 0 radical (unpaired) electrons. The first-order chi connectivity index (χ1) is 23.8. The minimum absolute atomic E-state index is 0.0378. The monoisotopic (exact) mass is 765 g/mol. The summed E-state index contributed by atoms with van der Waals surface area (Å²) in [6.07, 6.45) is 0. The van der Waals surface area contributed by atoms with Gasteiger partial charge in [0.15, 0.2) is 0 Å². The predicted octanol–water partition coefficient (Wildman–Crippen LogP) is 5.34. The van der Waals surface area contributed by atoms with E-state index < -0.39 is 44.2 Å². The van der Waals surface area contributed by atoms with E-state index in [2.05, 4.69) is 4.72 Å². The minimum Gasteiger partial charge on any atom is -0.493 e. The number of hydrogen-bond acceptors (Lipinski definition) is 8. The summed E-state index contributed by atoms with van der Waals surface area (Å²) in [6, 6.07) is 16.5. The van der Waals surface area contributed by atoms with Crippen molar-refractivity contribution in [3.8, 4) is 5.75 Å². The summed E-state index contributed by atoms with van der Waals surface area (Å²) in [5.41, 5.74) is 1.79. The number of nitrogens with zero attached hydrogens (tertiary/aromatic N) is 4. The maximum Gasteiger partial charge on any atom is 0.326 e. The number of methoxy groups -OCH3 is 1. The molecule has 2 aliphatic heterocycles. The third-order valence-corrected chi connectivity index (χ3v) is 12.5. The highest BCUT2D eigenvalue weighted by molar-refractivity contribution is 7.89. The Morgan fingerprint density at radius 3 is 2.08 bits per heavy atom. The lowest BCUT2D eigenvalue weighted by Gasteiger charge is -2.38. The van der Waals surface area contributed by atoms with E-state index in [9.17, 15) is 21.6 Å². The van der Waals surface area contributed by atoms with Gasteiger partial charge in [-0.3, -0.25) is 9.89 Å². The number of amidine groups is 1. The molecule has 0 aromatic heterocycles. The Hall–Kier alpha value is -3.24. The molecule has 3 atom stereocenters. The molecule has 16 heteroatoms. The molecule has 12 nitrogen and oxygen atoms in total. The van der Waals surface area contributed by atoms with Crippen molar-refractivity contribution in [1.29, 1.82) is 0 Å². The summed E-state index contributed by atoms with van der Waals surface area (Å²) < 4.78 is 67.6. The fraction of sp³-hybridized carbons (Fsp3) is 0.412. The first-order valence-electron chi connectivity index (χ1n) is 16.2. The normalized spacial score (nSPS) is 19.4. The molecule has 270 valence electrons. The Balaban J connectivity index is 1.68. The smallest absolute Gasteiger partial charge is 0.326 e. The number of benzene rings is 3. The van der Waals surface area contributed by atoms with Crippen LogP contribution in [0.2, 0.25) is 10.0 Å². The first-order valence-corrected chi connectivity index (χ1v) is 20.1. The van der Waals surface area contributed by atoms with E-state index in [1.54, 1.807) is 60.9 Å². The molecule has 1 saturated heterocycles. The van der Waals surface area contributed by atoms with Gasteiger partial charge >= 0.3 is 6.03 Å². The summed E-state index contributed by atoms with van der Waals surface area (Å²) >= 11 is 12.6. The molecule has 3 unspecified atom stereocenters. The van der Waals surface area contributed by atoms with E-state index in [0.29, 0.717) is 21.4 Å². The van der Waals surface area contributed by atoms with Crippen LogP contribution in [0.1, 0.15) is 49.5 Å². The number of rotatable bonds is 12. The van der Waals surface area contributed by atoms with E-state index in [4.69, 9.17) is 37.7 Å². The van der Waals surface area contributed by atoms with Crippen molar-refractivity contribution >= 4 is 55.1 Å². The first kappa shape index (κ1) is 38.0. The molecule has 0 aliphatic carbocycles. The fourth-order valence-corrected chi connectivity index (χ4v) is 8.69. The molecule has 5 rings (SSSR count). The molecule has 3 aromatic carbocycles. The number of sulfonamides is 2. The molecule has 2 heterocycles. The highest BCUT2D eigenvalue weighted by Crippen LogP contribution is 2.45. The molecule has 3 aromatic rings. The lowest BCUT2D eigenvalue weighted by atomic mass is 9.93. The van der Waals surface area contributed by atoms with Gasteiger partial charge in [-0.1, -0.05) is 47.5 Å². The molecule has 1 fully saturated rings. The Morgan fingerprint density at radius 2 is 1.52 bits per heavy atom. The number of aliphatic imine (C=N–C) groups is 1. The van der Waals surface area contributed by atoms with Crippen LogP contribution in [0, 0.1) is 0 Å². The average Bonchev–Trinajstić information content (AvgIpc) is 3.49. The zero-order chi connectivity index (χ0) is 36.2. The van der Waals surface area contributed by atoms with Crippen molar-refractivity contribution in [3.05, 3.63) is 93.5 Å². The number of ether oxygens (including phenoxy) is 2. The van der Waals surface area contributed by atoms with E-state index in [1.807, 2.05) is 24.3 Å². The number of piperazine rings is 1.